The summed E-state index contributed by atoms with van der Waals surface area (Å²) < 4.78 is 2.26. The summed E-state index contributed by atoms with van der Waals surface area (Å²) in [6.45, 7) is 1.05. The zero-order chi connectivity index (χ0) is 10.3. The fourth-order valence-corrected chi connectivity index (χ4v) is 2.82. The summed E-state index contributed by atoms with van der Waals surface area (Å²) in [5.74, 6) is 1.13. The fraction of sp³-hybridized carbons (Fsp3) is 0.182. The van der Waals surface area contributed by atoms with E-state index in [2.05, 4.69) is 9.55 Å². The number of hydrogen-bond acceptors (Lipinski definition) is 2. The van der Waals surface area contributed by atoms with Crippen molar-refractivity contribution >= 4 is 23.4 Å². The first kappa shape index (κ1) is 9.31. The lowest BCUT2D eigenvalue weighted by Crippen LogP contribution is -1.95. The minimum absolute atomic E-state index is 0.772. The van der Waals surface area contributed by atoms with Gasteiger partial charge < -0.3 is 4.57 Å². The lowest BCUT2D eigenvalue weighted by atomic mass is 10.2. The minimum atomic E-state index is 0.772. The molecular formula is C11H9ClN2S. The van der Waals surface area contributed by atoms with Crippen LogP contribution in [-0.2, 0) is 6.54 Å². The van der Waals surface area contributed by atoms with Crippen LogP contribution in [0.25, 0.3) is 11.3 Å². The van der Waals surface area contributed by atoms with Gasteiger partial charge in [-0.15, -0.1) is 0 Å². The number of hydrogen-bond donors (Lipinski definition) is 0. The van der Waals surface area contributed by atoms with Gasteiger partial charge >= 0.3 is 0 Å². The highest BCUT2D eigenvalue weighted by molar-refractivity contribution is 7.99. The van der Waals surface area contributed by atoms with Crippen LogP contribution >= 0.6 is 23.4 Å². The molecule has 0 unspecified atom stereocenters. The van der Waals surface area contributed by atoms with Gasteiger partial charge in [-0.05, 0) is 17.7 Å². The number of thioether (sulfide) groups is 1. The fourth-order valence-electron chi connectivity index (χ4n) is 1.77. The van der Waals surface area contributed by atoms with E-state index >= 15 is 0 Å². The quantitative estimate of drug-likeness (QED) is 0.756. The second-order valence-corrected chi connectivity index (χ2v) is 4.93. The van der Waals surface area contributed by atoms with E-state index in [0.29, 0.717) is 0 Å². The van der Waals surface area contributed by atoms with Gasteiger partial charge in [-0.3, -0.25) is 0 Å². The summed E-state index contributed by atoms with van der Waals surface area (Å²) >= 11 is 7.68. The number of halogens is 1. The van der Waals surface area contributed by atoms with Crippen LogP contribution in [0.15, 0.2) is 35.6 Å². The van der Waals surface area contributed by atoms with Gasteiger partial charge in [0, 0.05) is 17.3 Å². The zero-order valence-corrected chi connectivity index (χ0v) is 9.55. The normalized spacial score (nSPS) is 14.2. The molecule has 2 nitrogen and oxygen atoms in total. The van der Waals surface area contributed by atoms with Crippen molar-refractivity contribution in [2.24, 2.45) is 0 Å². The van der Waals surface area contributed by atoms with Crippen molar-refractivity contribution in [2.75, 3.05) is 5.75 Å². The largest absolute Gasteiger partial charge is 0.318 e. The molecule has 0 saturated carbocycles. The molecule has 0 atom stereocenters. The van der Waals surface area contributed by atoms with Gasteiger partial charge in [-0.2, -0.15) is 0 Å². The first-order valence-electron chi connectivity index (χ1n) is 4.79. The van der Waals surface area contributed by atoms with Crippen molar-refractivity contribution in [3.05, 3.63) is 35.5 Å². The Balaban J connectivity index is 2.09. The Bertz CT molecular complexity index is 490. The van der Waals surface area contributed by atoms with Crippen molar-refractivity contribution in [3.8, 4) is 11.3 Å². The lowest BCUT2D eigenvalue weighted by Gasteiger charge is -2.03. The Hall–Kier alpha value is -0.930. The van der Waals surface area contributed by atoms with E-state index in [1.54, 1.807) is 0 Å². The van der Waals surface area contributed by atoms with E-state index < -0.39 is 0 Å². The van der Waals surface area contributed by atoms with Crippen LogP contribution in [0.4, 0.5) is 0 Å². The Morgan fingerprint density at radius 2 is 2.07 bits per heavy atom. The molecule has 1 aliphatic rings. The van der Waals surface area contributed by atoms with Crippen LogP contribution in [-0.4, -0.2) is 15.3 Å². The first-order valence-corrected chi connectivity index (χ1v) is 6.15. The number of aromatic nitrogens is 2. The van der Waals surface area contributed by atoms with Gasteiger partial charge in [0.25, 0.3) is 0 Å². The van der Waals surface area contributed by atoms with Gasteiger partial charge in [-0.1, -0.05) is 35.5 Å². The molecule has 0 aliphatic carbocycles. The highest BCUT2D eigenvalue weighted by Gasteiger charge is 2.16. The summed E-state index contributed by atoms with van der Waals surface area (Å²) in [5, 5.41) is 1.90. The molecule has 1 aromatic heterocycles. The molecule has 76 valence electrons. The maximum Gasteiger partial charge on any atom is 0.168 e. The van der Waals surface area contributed by atoms with Gasteiger partial charge in [-0.25, -0.2) is 4.98 Å². The number of rotatable bonds is 1. The molecule has 1 aliphatic heterocycles. The molecule has 1 aromatic carbocycles. The standard InChI is InChI=1S/C11H9ClN2S/c12-9-3-1-8(2-4-9)10-7-13-11-14(10)5-6-15-11/h1-4,7H,5-6H2. The van der Waals surface area contributed by atoms with E-state index in [1.807, 2.05) is 42.2 Å². The molecule has 2 heterocycles. The Morgan fingerprint density at radius 3 is 2.87 bits per heavy atom. The molecule has 0 N–H and O–H groups in total. The summed E-state index contributed by atoms with van der Waals surface area (Å²) in [6, 6.07) is 7.91. The van der Waals surface area contributed by atoms with Crippen LogP contribution in [0, 0.1) is 0 Å². The molecule has 0 saturated heterocycles. The molecular weight excluding hydrogens is 228 g/mol. The molecule has 15 heavy (non-hydrogen) atoms. The van der Waals surface area contributed by atoms with Crippen molar-refractivity contribution in [1.29, 1.82) is 0 Å². The highest BCUT2D eigenvalue weighted by Crippen LogP contribution is 2.31. The molecule has 2 aromatic rings. The van der Waals surface area contributed by atoms with Crippen molar-refractivity contribution in [2.45, 2.75) is 11.7 Å². The maximum absolute atomic E-state index is 5.86. The molecule has 3 rings (SSSR count). The average molecular weight is 237 g/mol. The van der Waals surface area contributed by atoms with Crippen molar-refractivity contribution in [1.82, 2.24) is 9.55 Å². The third kappa shape index (κ3) is 1.56. The number of nitrogens with zero attached hydrogens (tertiary/aromatic N) is 2. The van der Waals surface area contributed by atoms with E-state index in [1.165, 1.54) is 11.3 Å². The van der Waals surface area contributed by atoms with Crippen LogP contribution in [0.2, 0.25) is 5.02 Å². The van der Waals surface area contributed by atoms with Gasteiger partial charge in [0.05, 0.1) is 11.9 Å². The SMILES string of the molecule is Clc1ccc(-c2cnc3n2CCS3)cc1. The Labute approximate surface area is 97.3 Å². The topological polar surface area (TPSA) is 17.8 Å². The summed E-state index contributed by atoms with van der Waals surface area (Å²) in [4.78, 5) is 4.39. The van der Waals surface area contributed by atoms with Gasteiger partial charge in [0.2, 0.25) is 0 Å². The van der Waals surface area contributed by atoms with E-state index in [9.17, 15) is 0 Å². The minimum Gasteiger partial charge on any atom is -0.318 e. The third-order valence-electron chi connectivity index (χ3n) is 2.51. The third-order valence-corrected chi connectivity index (χ3v) is 3.73. The molecule has 0 radical (unpaired) electrons. The number of benzene rings is 1. The van der Waals surface area contributed by atoms with Crippen LogP contribution in [0.5, 0.6) is 0 Å². The van der Waals surface area contributed by atoms with Crippen molar-refractivity contribution < 1.29 is 0 Å². The molecule has 0 amide bonds. The summed E-state index contributed by atoms with van der Waals surface area (Å²) in [7, 11) is 0. The molecule has 4 heteroatoms. The molecule has 0 bridgehead atoms. The van der Waals surface area contributed by atoms with E-state index in [-0.39, 0.29) is 0 Å². The molecule has 0 spiro atoms. The van der Waals surface area contributed by atoms with E-state index in [0.717, 1.165) is 22.5 Å². The summed E-state index contributed by atoms with van der Waals surface area (Å²) in [6.07, 6.45) is 1.94. The number of imidazole rings is 1. The Kier molecular flexibility index (Phi) is 2.22. The maximum atomic E-state index is 5.86. The summed E-state index contributed by atoms with van der Waals surface area (Å²) in [5.41, 5.74) is 2.37. The predicted molar refractivity (Wildman–Crippen MR) is 63.4 cm³/mol. The monoisotopic (exact) mass is 236 g/mol. The first-order chi connectivity index (χ1) is 7.34. The lowest BCUT2D eigenvalue weighted by molar-refractivity contribution is 0.726. The van der Waals surface area contributed by atoms with E-state index in [4.69, 9.17) is 11.6 Å². The smallest absolute Gasteiger partial charge is 0.168 e. The zero-order valence-electron chi connectivity index (χ0n) is 7.98. The van der Waals surface area contributed by atoms with Gasteiger partial charge in [0.15, 0.2) is 5.16 Å². The predicted octanol–water partition coefficient (Wildman–Crippen LogP) is 3.31. The van der Waals surface area contributed by atoms with Gasteiger partial charge in [0.1, 0.15) is 0 Å². The van der Waals surface area contributed by atoms with Crippen molar-refractivity contribution in [3.63, 3.8) is 0 Å². The second-order valence-electron chi connectivity index (χ2n) is 3.43. The average Bonchev–Trinajstić information content (AvgIpc) is 2.80. The number of fused-ring (bicyclic) bond motifs is 1. The van der Waals surface area contributed by atoms with Crippen LogP contribution < -0.4 is 0 Å². The second kappa shape index (κ2) is 3.58. The molecule has 0 fully saturated rings. The highest BCUT2D eigenvalue weighted by atomic mass is 35.5. The Morgan fingerprint density at radius 1 is 1.27 bits per heavy atom. The van der Waals surface area contributed by atoms with Crippen LogP contribution in [0.3, 0.4) is 0 Å². The van der Waals surface area contributed by atoms with Crippen LogP contribution in [0.1, 0.15) is 0 Å².